The molecular weight excluding hydrogens is 240 g/mol. The maximum Gasteiger partial charge on any atom is 0.360 e. The fraction of sp³-hybridized carbons (Fsp3) is 0.444. The summed E-state index contributed by atoms with van der Waals surface area (Å²) in [7, 11) is 1.28. The Kier molecular flexibility index (Phi) is 3.63. The van der Waals surface area contributed by atoms with Crippen LogP contribution < -0.4 is 5.73 Å². The van der Waals surface area contributed by atoms with Crippen molar-refractivity contribution in [1.29, 1.82) is 0 Å². The van der Waals surface area contributed by atoms with Gasteiger partial charge in [0.2, 0.25) is 6.39 Å². The van der Waals surface area contributed by atoms with Crippen LogP contribution in [0, 0.1) is 0 Å². The number of rotatable bonds is 5. The normalized spacial score (nSPS) is 10.6. The van der Waals surface area contributed by atoms with Crippen molar-refractivity contribution in [3.63, 3.8) is 0 Å². The fourth-order valence-electron chi connectivity index (χ4n) is 1.50. The predicted octanol–water partition coefficient (Wildman–Crippen LogP) is -1.00. The number of esters is 1. The number of nitrogens with two attached hydrogens (primary N) is 1. The summed E-state index contributed by atoms with van der Waals surface area (Å²) in [6, 6.07) is 0. The molecule has 0 aliphatic rings. The van der Waals surface area contributed by atoms with Crippen LogP contribution in [0.2, 0.25) is 0 Å². The van der Waals surface area contributed by atoms with E-state index in [0.717, 1.165) is 0 Å². The molecule has 18 heavy (non-hydrogen) atoms. The Morgan fingerprint density at radius 2 is 2.44 bits per heavy atom. The minimum absolute atomic E-state index is 0.159. The van der Waals surface area contributed by atoms with Crippen LogP contribution in [0.5, 0.6) is 0 Å². The van der Waals surface area contributed by atoms with Crippen molar-refractivity contribution >= 4 is 5.97 Å². The predicted molar refractivity (Wildman–Crippen MR) is 57.5 cm³/mol. The molecule has 2 aromatic heterocycles. The van der Waals surface area contributed by atoms with Gasteiger partial charge >= 0.3 is 5.97 Å². The second kappa shape index (κ2) is 5.36. The third-order valence-corrected chi connectivity index (χ3v) is 2.30. The zero-order valence-corrected chi connectivity index (χ0v) is 9.74. The fourth-order valence-corrected chi connectivity index (χ4v) is 1.50. The number of hydrogen-bond donors (Lipinski definition) is 1. The molecule has 0 saturated heterocycles. The first-order chi connectivity index (χ1) is 8.76. The smallest absolute Gasteiger partial charge is 0.360 e. The topological polar surface area (TPSA) is 122 Å². The van der Waals surface area contributed by atoms with E-state index in [4.69, 9.17) is 5.73 Å². The second-order valence-corrected chi connectivity index (χ2v) is 3.42. The Balaban J connectivity index is 2.29. The highest BCUT2D eigenvalue weighted by atomic mass is 16.5. The molecule has 0 aliphatic heterocycles. The lowest BCUT2D eigenvalue weighted by atomic mass is 10.2. The largest absolute Gasteiger partial charge is 0.464 e. The molecule has 0 fully saturated rings. The van der Waals surface area contributed by atoms with E-state index in [-0.39, 0.29) is 12.2 Å². The Morgan fingerprint density at radius 3 is 3.06 bits per heavy atom. The monoisotopic (exact) mass is 252 g/mol. The summed E-state index contributed by atoms with van der Waals surface area (Å²) in [4.78, 5) is 15.4. The number of methoxy groups -OCH3 is 1. The Morgan fingerprint density at radius 1 is 1.61 bits per heavy atom. The van der Waals surface area contributed by atoms with Gasteiger partial charge in [0, 0.05) is 6.42 Å². The van der Waals surface area contributed by atoms with E-state index >= 15 is 0 Å². The Hall–Kier alpha value is -2.29. The van der Waals surface area contributed by atoms with Crippen molar-refractivity contribution in [3.05, 3.63) is 23.6 Å². The van der Waals surface area contributed by atoms with Crippen LogP contribution in [0.4, 0.5) is 0 Å². The molecule has 0 radical (unpaired) electrons. The average molecular weight is 252 g/mol. The minimum Gasteiger partial charge on any atom is -0.464 e. The summed E-state index contributed by atoms with van der Waals surface area (Å²) in [5, 5.41) is 11.3. The van der Waals surface area contributed by atoms with Gasteiger partial charge in [-0.1, -0.05) is 10.4 Å². The van der Waals surface area contributed by atoms with Crippen molar-refractivity contribution < 1.29 is 14.1 Å². The van der Waals surface area contributed by atoms with E-state index < -0.39 is 5.97 Å². The number of aromatic nitrogens is 5. The highest BCUT2D eigenvalue weighted by Gasteiger charge is 2.20. The molecule has 0 unspecified atom stereocenters. The summed E-state index contributed by atoms with van der Waals surface area (Å²) < 4.78 is 10.8. The summed E-state index contributed by atoms with van der Waals surface area (Å²) in [6.45, 7) is 0.624. The molecule has 2 rings (SSSR count). The van der Waals surface area contributed by atoms with Gasteiger partial charge in [0.15, 0.2) is 11.5 Å². The quantitative estimate of drug-likeness (QED) is 0.672. The van der Waals surface area contributed by atoms with Crippen molar-refractivity contribution in [2.24, 2.45) is 5.73 Å². The van der Waals surface area contributed by atoms with E-state index in [1.54, 1.807) is 0 Å². The third-order valence-electron chi connectivity index (χ3n) is 2.30. The number of ether oxygens (including phenoxy) is 1. The molecule has 0 saturated carbocycles. The van der Waals surface area contributed by atoms with Gasteiger partial charge < -0.3 is 15.0 Å². The molecule has 0 aromatic carbocycles. The molecular formula is C9H12N6O3. The van der Waals surface area contributed by atoms with Crippen molar-refractivity contribution in [2.75, 3.05) is 13.7 Å². The van der Waals surface area contributed by atoms with Gasteiger partial charge in [0.05, 0.1) is 12.8 Å². The zero-order chi connectivity index (χ0) is 13.0. The van der Waals surface area contributed by atoms with E-state index in [2.05, 4.69) is 29.7 Å². The van der Waals surface area contributed by atoms with Gasteiger partial charge in [-0.3, -0.25) is 0 Å². The summed E-state index contributed by atoms with van der Waals surface area (Å²) >= 11 is 0. The van der Waals surface area contributed by atoms with Crippen molar-refractivity contribution in [3.8, 4) is 0 Å². The SMILES string of the molecule is COC(=O)c1nnn(Cc2ncon2)c1CCN. The summed E-state index contributed by atoms with van der Waals surface area (Å²) in [5.74, 6) is -0.104. The standard InChI is InChI=1S/C9H12N6O3/c1-17-9(16)8-6(2-3-10)15(14-12-8)4-7-11-5-18-13-7/h5H,2-4,10H2,1H3. The highest BCUT2D eigenvalue weighted by molar-refractivity contribution is 5.88. The lowest BCUT2D eigenvalue weighted by molar-refractivity contribution is 0.0592. The minimum atomic E-state index is -0.544. The molecule has 0 bridgehead atoms. The van der Waals surface area contributed by atoms with Crippen LogP contribution in [0.15, 0.2) is 10.9 Å². The molecule has 2 aromatic rings. The molecule has 2 heterocycles. The Labute approximate surface area is 102 Å². The van der Waals surface area contributed by atoms with Crippen LogP contribution in [-0.2, 0) is 17.7 Å². The average Bonchev–Trinajstić information content (AvgIpc) is 3.01. The van der Waals surface area contributed by atoms with Gasteiger partial charge in [0.25, 0.3) is 0 Å². The molecule has 9 nitrogen and oxygen atoms in total. The molecule has 2 N–H and O–H groups in total. The van der Waals surface area contributed by atoms with Gasteiger partial charge in [-0.05, 0) is 6.54 Å². The number of carbonyl (C=O) groups is 1. The van der Waals surface area contributed by atoms with Crippen LogP contribution in [0.3, 0.4) is 0 Å². The van der Waals surface area contributed by atoms with Gasteiger partial charge in [-0.2, -0.15) is 4.98 Å². The number of nitrogens with zero attached hydrogens (tertiary/aromatic N) is 5. The summed E-state index contributed by atoms with van der Waals surface area (Å²) in [6.07, 6.45) is 1.67. The van der Waals surface area contributed by atoms with E-state index in [0.29, 0.717) is 24.5 Å². The molecule has 0 aliphatic carbocycles. The third kappa shape index (κ3) is 2.35. The number of carbonyl (C=O) groups excluding carboxylic acids is 1. The van der Waals surface area contributed by atoms with Gasteiger partial charge in [0.1, 0.15) is 6.54 Å². The molecule has 0 spiro atoms. The van der Waals surface area contributed by atoms with Crippen LogP contribution in [0.1, 0.15) is 22.0 Å². The number of hydrogen-bond acceptors (Lipinski definition) is 8. The van der Waals surface area contributed by atoms with Gasteiger partial charge in [-0.15, -0.1) is 5.10 Å². The first-order valence-electron chi connectivity index (χ1n) is 5.22. The van der Waals surface area contributed by atoms with Crippen molar-refractivity contribution in [2.45, 2.75) is 13.0 Å². The van der Waals surface area contributed by atoms with Crippen LogP contribution in [-0.4, -0.2) is 44.8 Å². The van der Waals surface area contributed by atoms with E-state index in [1.165, 1.54) is 18.2 Å². The maximum absolute atomic E-state index is 11.5. The molecule has 96 valence electrons. The molecule has 0 amide bonds. The summed E-state index contributed by atoms with van der Waals surface area (Å²) in [5.41, 5.74) is 6.25. The second-order valence-electron chi connectivity index (χ2n) is 3.42. The lowest BCUT2D eigenvalue weighted by Gasteiger charge is -2.03. The Bertz CT molecular complexity index is 520. The molecule has 9 heteroatoms. The zero-order valence-electron chi connectivity index (χ0n) is 9.74. The van der Waals surface area contributed by atoms with Crippen LogP contribution in [0.25, 0.3) is 0 Å². The molecule has 0 atom stereocenters. The van der Waals surface area contributed by atoms with E-state index in [1.807, 2.05) is 0 Å². The maximum atomic E-state index is 11.5. The van der Waals surface area contributed by atoms with Crippen LogP contribution >= 0.6 is 0 Å². The lowest BCUT2D eigenvalue weighted by Crippen LogP contribution is -2.15. The van der Waals surface area contributed by atoms with Crippen molar-refractivity contribution in [1.82, 2.24) is 25.1 Å². The first kappa shape index (κ1) is 12.2. The van der Waals surface area contributed by atoms with E-state index in [9.17, 15) is 4.79 Å². The van der Waals surface area contributed by atoms with Gasteiger partial charge in [-0.25, -0.2) is 9.48 Å². The first-order valence-corrected chi connectivity index (χ1v) is 5.22. The highest BCUT2D eigenvalue weighted by Crippen LogP contribution is 2.09.